The lowest BCUT2D eigenvalue weighted by atomic mass is 10.1. The molecule has 1 aliphatic rings. The van der Waals surface area contributed by atoms with Gasteiger partial charge in [0.25, 0.3) is 0 Å². The molecule has 0 unspecified atom stereocenters. The summed E-state index contributed by atoms with van der Waals surface area (Å²) < 4.78 is 21.6. The molecule has 0 amide bonds. The number of primary sulfonamides is 1. The van der Waals surface area contributed by atoms with Gasteiger partial charge >= 0.3 is 0 Å². The molecule has 6 heteroatoms. The Morgan fingerprint density at radius 3 is 2.31 bits per heavy atom. The summed E-state index contributed by atoms with van der Waals surface area (Å²) in [5.41, 5.74) is -0.774. The van der Waals surface area contributed by atoms with E-state index < -0.39 is 20.9 Å². The van der Waals surface area contributed by atoms with E-state index in [-0.39, 0.29) is 0 Å². The lowest BCUT2D eigenvalue weighted by Crippen LogP contribution is -2.59. The number of sulfonamides is 1. The average molecular weight is 208 g/mol. The minimum Gasteiger partial charge on any atom is -0.389 e. The molecule has 78 valence electrons. The molecule has 1 saturated heterocycles. The van der Waals surface area contributed by atoms with Gasteiger partial charge in [0.1, 0.15) is 5.25 Å². The van der Waals surface area contributed by atoms with Gasteiger partial charge in [-0.1, -0.05) is 0 Å². The Balaban J connectivity index is 2.35. The van der Waals surface area contributed by atoms with Gasteiger partial charge < -0.3 is 5.11 Å². The van der Waals surface area contributed by atoms with Crippen molar-refractivity contribution in [3.8, 4) is 0 Å². The number of aliphatic hydroxyl groups is 1. The van der Waals surface area contributed by atoms with Crippen LogP contribution in [0.5, 0.6) is 0 Å². The zero-order chi connectivity index (χ0) is 10.3. The highest BCUT2D eigenvalue weighted by Crippen LogP contribution is 2.16. The smallest absolute Gasteiger partial charge is 0.214 e. The van der Waals surface area contributed by atoms with Crippen LogP contribution in [0.3, 0.4) is 0 Å². The van der Waals surface area contributed by atoms with Gasteiger partial charge in [0.2, 0.25) is 10.0 Å². The molecule has 0 aliphatic carbocycles. The first-order valence-electron chi connectivity index (χ1n) is 4.15. The maximum absolute atomic E-state index is 10.8. The van der Waals surface area contributed by atoms with Gasteiger partial charge in [-0.15, -0.1) is 0 Å². The quantitative estimate of drug-likeness (QED) is 0.606. The van der Waals surface area contributed by atoms with Crippen molar-refractivity contribution < 1.29 is 13.5 Å². The first kappa shape index (κ1) is 10.9. The molecule has 0 aromatic rings. The second-order valence-corrected chi connectivity index (χ2v) is 6.06. The fourth-order valence-electron chi connectivity index (χ4n) is 1.41. The maximum Gasteiger partial charge on any atom is 0.214 e. The average Bonchev–Trinajstić information content (AvgIpc) is 1.71. The molecule has 3 N–H and O–H groups in total. The Bertz CT molecular complexity index is 275. The third kappa shape index (κ3) is 3.22. The van der Waals surface area contributed by atoms with E-state index in [1.54, 1.807) is 13.8 Å². The zero-order valence-corrected chi connectivity index (χ0v) is 8.71. The van der Waals surface area contributed by atoms with E-state index in [9.17, 15) is 13.5 Å². The van der Waals surface area contributed by atoms with Gasteiger partial charge in [-0.3, -0.25) is 4.90 Å². The maximum atomic E-state index is 10.8. The lowest BCUT2D eigenvalue weighted by molar-refractivity contribution is 0.0168. The molecule has 1 aliphatic heterocycles. The standard InChI is InChI=1S/C7H16N2O3S/c1-7(2,10)5-9-3-6(4-9)13(8,11)12/h6,10H,3-5H2,1-2H3,(H2,8,11,12). The molecule has 0 saturated carbocycles. The van der Waals surface area contributed by atoms with Crippen LogP contribution in [0.1, 0.15) is 13.8 Å². The van der Waals surface area contributed by atoms with Gasteiger partial charge in [0.05, 0.1) is 5.60 Å². The number of nitrogens with two attached hydrogens (primary N) is 1. The van der Waals surface area contributed by atoms with Gasteiger partial charge in [0, 0.05) is 19.6 Å². The van der Waals surface area contributed by atoms with E-state index >= 15 is 0 Å². The highest BCUT2D eigenvalue weighted by atomic mass is 32.2. The Hall–Kier alpha value is -0.170. The van der Waals surface area contributed by atoms with Crippen molar-refractivity contribution in [2.24, 2.45) is 5.14 Å². The summed E-state index contributed by atoms with van der Waals surface area (Å²) in [6.45, 7) is 4.74. The van der Waals surface area contributed by atoms with Crippen LogP contribution in [0.15, 0.2) is 0 Å². The first-order valence-corrected chi connectivity index (χ1v) is 5.76. The molecule has 0 aromatic heterocycles. The summed E-state index contributed by atoms with van der Waals surface area (Å²) in [4.78, 5) is 1.87. The second kappa shape index (κ2) is 3.20. The molecule has 1 heterocycles. The highest BCUT2D eigenvalue weighted by molar-refractivity contribution is 7.89. The molecule has 0 aromatic carbocycles. The van der Waals surface area contributed by atoms with Crippen molar-refractivity contribution in [2.45, 2.75) is 24.7 Å². The molecule has 0 bridgehead atoms. The molecule has 5 nitrogen and oxygen atoms in total. The predicted molar refractivity (Wildman–Crippen MR) is 49.6 cm³/mol. The summed E-state index contributed by atoms with van der Waals surface area (Å²) in [5.74, 6) is 0. The third-order valence-electron chi connectivity index (χ3n) is 2.00. The molecular weight excluding hydrogens is 192 g/mol. The van der Waals surface area contributed by atoms with Crippen LogP contribution in [-0.4, -0.2) is 48.9 Å². The van der Waals surface area contributed by atoms with Gasteiger partial charge in [-0.25, -0.2) is 13.6 Å². The van der Waals surface area contributed by atoms with E-state index in [0.717, 1.165) is 0 Å². The second-order valence-electron chi connectivity index (χ2n) is 4.22. The van der Waals surface area contributed by atoms with Crippen molar-refractivity contribution in [3.63, 3.8) is 0 Å². The van der Waals surface area contributed by atoms with Crippen molar-refractivity contribution in [2.75, 3.05) is 19.6 Å². The normalized spacial score (nSPS) is 21.5. The van der Waals surface area contributed by atoms with Crippen molar-refractivity contribution in [3.05, 3.63) is 0 Å². The molecule has 0 atom stereocenters. The van der Waals surface area contributed by atoms with E-state index in [0.29, 0.717) is 19.6 Å². The van der Waals surface area contributed by atoms with Crippen molar-refractivity contribution >= 4 is 10.0 Å². The number of hydrogen-bond donors (Lipinski definition) is 2. The Labute approximate surface area is 78.6 Å². The fraction of sp³-hybridized carbons (Fsp3) is 1.00. The molecule has 0 spiro atoms. The molecule has 1 fully saturated rings. The summed E-state index contributed by atoms with van der Waals surface area (Å²) in [5, 5.41) is 13.9. The van der Waals surface area contributed by atoms with Crippen LogP contribution in [0.2, 0.25) is 0 Å². The number of nitrogens with zero attached hydrogens (tertiary/aromatic N) is 1. The van der Waals surface area contributed by atoms with Gasteiger partial charge in [0.15, 0.2) is 0 Å². The van der Waals surface area contributed by atoms with Gasteiger partial charge in [-0.2, -0.15) is 0 Å². The van der Waals surface area contributed by atoms with Crippen molar-refractivity contribution in [1.82, 2.24) is 4.90 Å². The summed E-state index contributed by atoms with van der Waals surface area (Å²) in [6.07, 6.45) is 0. The lowest BCUT2D eigenvalue weighted by Gasteiger charge is -2.40. The Morgan fingerprint density at radius 1 is 1.54 bits per heavy atom. The van der Waals surface area contributed by atoms with Crippen LogP contribution in [0.4, 0.5) is 0 Å². The topological polar surface area (TPSA) is 83.6 Å². The number of β-amino-alcohol motifs (C(OH)–C–C–N with tert-alkyl or cyclic N) is 1. The minimum atomic E-state index is -3.38. The predicted octanol–water partition coefficient (Wildman–Crippen LogP) is -1.27. The van der Waals surface area contributed by atoms with Crippen LogP contribution in [-0.2, 0) is 10.0 Å². The zero-order valence-electron chi connectivity index (χ0n) is 7.90. The Kier molecular flexibility index (Phi) is 2.68. The van der Waals surface area contributed by atoms with E-state index in [1.165, 1.54) is 0 Å². The van der Waals surface area contributed by atoms with Crippen LogP contribution >= 0.6 is 0 Å². The number of rotatable bonds is 3. The van der Waals surface area contributed by atoms with Gasteiger partial charge in [-0.05, 0) is 13.8 Å². The summed E-state index contributed by atoms with van der Waals surface area (Å²) in [7, 11) is -3.38. The largest absolute Gasteiger partial charge is 0.389 e. The third-order valence-corrected chi connectivity index (χ3v) is 3.23. The summed E-state index contributed by atoms with van der Waals surface area (Å²) >= 11 is 0. The monoisotopic (exact) mass is 208 g/mol. The van der Waals surface area contributed by atoms with Crippen molar-refractivity contribution in [1.29, 1.82) is 0 Å². The fourth-order valence-corrected chi connectivity index (χ4v) is 2.24. The molecule has 1 rings (SSSR count). The SMILES string of the molecule is CC(C)(O)CN1CC(S(N)(=O)=O)C1. The number of hydrogen-bond acceptors (Lipinski definition) is 4. The minimum absolute atomic E-state index is 0.433. The van der Waals surface area contributed by atoms with E-state index in [4.69, 9.17) is 5.14 Å². The van der Waals surface area contributed by atoms with E-state index in [1.807, 2.05) is 4.90 Å². The number of likely N-dealkylation sites (tertiary alicyclic amines) is 1. The van der Waals surface area contributed by atoms with E-state index in [2.05, 4.69) is 0 Å². The molecular formula is C7H16N2O3S. The highest BCUT2D eigenvalue weighted by Gasteiger charge is 2.36. The van der Waals surface area contributed by atoms with Crippen LogP contribution in [0, 0.1) is 0 Å². The summed E-state index contributed by atoms with van der Waals surface area (Å²) in [6, 6.07) is 0. The van der Waals surface area contributed by atoms with Crippen LogP contribution in [0.25, 0.3) is 0 Å². The van der Waals surface area contributed by atoms with Crippen LogP contribution < -0.4 is 5.14 Å². The molecule has 13 heavy (non-hydrogen) atoms. The Morgan fingerprint density at radius 2 is 2.00 bits per heavy atom. The molecule has 0 radical (unpaired) electrons. The first-order chi connectivity index (χ1) is 5.68.